The van der Waals surface area contributed by atoms with Gasteiger partial charge in [-0.15, -0.1) is 11.8 Å². The Balaban J connectivity index is 1.90. The zero-order chi connectivity index (χ0) is 16.4. The van der Waals surface area contributed by atoms with Gasteiger partial charge in [-0.2, -0.15) is 0 Å². The van der Waals surface area contributed by atoms with Gasteiger partial charge in [-0.25, -0.2) is 4.68 Å². The molecular formula is C14H17N5O3S. The van der Waals surface area contributed by atoms with E-state index in [0.29, 0.717) is 24.7 Å². The highest BCUT2D eigenvalue weighted by Gasteiger charge is 2.24. The maximum absolute atomic E-state index is 12.5. The predicted molar refractivity (Wildman–Crippen MR) is 84.4 cm³/mol. The van der Waals surface area contributed by atoms with Crippen LogP contribution in [-0.4, -0.2) is 45.6 Å². The van der Waals surface area contributed by atoms with E-state index >= 15 is 0 Å². The SMILES string of the molecule is CSc1c(C2OCCO2)ccc(C(=O)Nc2nnnn2C)c1C. The molecule has 9 heteroatoms. The molecule has 0 unspecified atom stereocenters. The van der Waals surface area contributed by atoms with Crippen LogP contribution >= 0.6 is 11.8 Å². The number of carbonyl (C=O) groups excluding carboxylic acids is 1. The van der Waals surface area contributed by atoms with Crippen LogP contribution in [0.2, 0.25) is 0 Å². The molecular weight excluding hydrogens is 318 g/mol. The smallest absolute Gasteiger partial charge is 0.258 e. The number of nitrogens with zero attached hydrogens (tertiary/aromatic N) is 4. The maximum atomic E-state index is 12.5. The molecule has 0 saturated carbocycles. The number of tetrazole rings is 1. The van der Waals surface area contributed by atoms with Crippen molar-refractivity contribution in [1.29, 1.82) is 0 Å². The van der Waals surface area contributed by atoms with Crippen molar-refractivity contribution >= 4 is 23.6 Å². The number of rotatable bonds is 4. The summed E-state index contributed by atoms with van der Waals surface area (Å²) >= 11 is 1.57. The zero-order valence-corrected chi connectivity index (χ0v) is 13.9. The van der Waals surface area contributed by atoms with Crippen LogP contribution in [-0.2, 0) is 16.5 Å². The molecule has 1 saturated heterocycles. The van der Waals surface area contributed by atoms with Crippen LogP contribution in [0.15, 0.2) is 17.0 Å². The molecule has 1 aromatic heterocycles. The van der Waals surface area contributed by atoms with E-state index in [0.717, 1.165) is 16.0 Å². The van der Waals surface area contributed by atoms with Gasteiger partial charge in [-0.3, -0.25) is 10.1 Å². The van der Waals surface area contributed by atoms with Gasteiger partial charge in [0.25, 0.3) is 5.91 Å². The highest BCUT2D eigenvalue weighted by molar-refractivity contribution is 7.98. The monoisotopic (exact) mass is 335 g/mol. The molecule has 2 aromatic rings. The van der Waals surface area contributed by atoms with E-state index in [2.05, 4.69) is 20.8 Å². The quantitative estimate of drug-likeness (QED) is 0.847. The normalized spacial score (nSPS) is 15.1. The Bertz CT molecular complexity index is 727. The molecule has 0 atom stereocenters. The Morgan fingerprint density at radius 3 is 2.74 bits per heavy atom. The molecule has 1 aliphatic rings. The molecule has 1 amide bonds. The number of benzene rings is 1. The first-order valence-electron chi connectivity index (χ1n) is 7.06. The van der Waals surface area contributed by atoms with E-state index in [-0.39, 0.29) is 12.2 Å². The minimum Gasteiger partial charge on any atom is -0.346 e. The molecule has 3 rings (SSSR count). The van der Waals surface area contributed by atoms with Crippen molar-refractivity contribution in [3.63, 3.8) is 0 Å². The summed E-state index contributed by atoms with van der Waals surface area (Å²) in [5, 5.41) is 13.7. The molecule has 122 valence electrons. The average molecular weight is 335 g/mol. The third kappa shape index (κ3) is 3.07. The number of ether oxygens (including phenoxy) is 2. The highest BCUT2D eigenvalue weighted by Crippen LogP contribution is 2.35. The lowest BCUT2D eigenvalue weighted by molar-refractivity contribution is -0.0460. The van der Waals surface area contributed by atoms with Crippen LogP contribution in [0.3, 0.4) is 0 Å². The molecule has 23 heavy (non-hydrogen) atoms. The molecule has 1 aliphatic heterocycles. The van der Waals surface area contributed by atoms with Crippen LogP contribution in [0, 0.1) is 6.92 Å². The van der Waals surface area contributed by atoms with Crippen LogP contribution in [0.5, 0.6) is 0 Å². The molecule has 0 radical (unpaired) electrons. The number of aromatic nitrogens is 4. The van der Waals surface area contributed by atoms with Crippen molar-refractivity contribution in [2.45, 2.75) is 18.1 Å². The van der Waals surface area contributed by atoms with E-state index in [1.807, 2.05) is 19.2 Å². The number of hydrogen-bond donors (Lipinski definition) is 1. The Labute approximate surface area is 137 Å². The highest BCUT2D eigenvalue weighted by atomic mass is 32.2. The predicted octanol–water partition coefficient (Wildman–Crippen LogP) is 1.54. The second-order valence-corrected chi connectivity index (χ2v) is 5.83. The average Bonchev–Trinajstić information content (AvgIpc) is 3.19. The molecule has 1 aromatic carbocycles. The number of thioether (sulfide) groups is 1. The number of carbonyl (C=O) groups is 1. The first-order chi connectivity index (χ1) is 11.1. The van der Waals surface area contributed by atoms with Gasteiger partial charge < -0.3 is 9.47 Å². The van der Waals surface area contributed by atoms with Crippen LogP contribution in [0.1, 0.15) is 27.8 Å². The lowest BCUT2D eigenvalue weighted by atomic mass is 10.0. The maximum Gasteiger partial charge on any atom is 0.258 e. The van der Waals surface area contributed by atoms with Crippen molar-refractivity contribution in [1.82, 2.24) is 20.2 Å². The van der Waals surface area contributed by atoms with Gasteiger partial charge in [0.05, 0.1) is 13.2 Å². The molecule has 1 fully saturated rings. The summed E-state index contributed by atoms with van der Waals surface area (Å²) in [7, 11) is 1.66. The Morgan fingerprint density at radius 1 is 1.39 bits per heavy atom. The number of aryl methyl sites for hydroxylation is 1. The summed E-state index contributed by atoms with van der Waals surface area (Å²) in [5.41, 5.74) is 2.39. The standard InChI is InChI=1S/C14H17N5O3S/c1-8-9(12(20)15-14-16-17-18-19(14)2)4-5-10(11(8)23-3)13-21-6-7-22-13/h4-5,13H,6-7H2,1-3H3,(H,15,16,18,20). The fraction of sp³-hybridized carbons (Fsp3) is 0.429. The number of anilines is 1. The Hall–Kier alpha value is -1.97. The fourth-order valence-corrected chi connectivity index (χ4v) is 3.27. The second kappa shape index (κ2) is 6.65. The minimum atomic E-state index is -0.365. The fourth-order valence-electron chi connectivity index (χ4n) is 2.46. The van der Waals surface area contributed by atoms with Crippen molar-refractivity contribution in [3.8, 4) is 0 Å². The van der Waals surface area contributed by atoms with Crippen LogP contribution in [0.25, 0.3) is 0 Å². The topological polar surface area (TPSA) is 91.2 Å². The summed E-state index contributed by atoms with van der Waals surface area (Å²) < 4.78 is 12.5. The van der Waals surface area contributed by atoms with Gasteiger partial charge in [0.2, 0.25) is 5.95 Å². The molecule has 0 spiro atoms. The van der Waals surface area contributed by atoms with E-state index in [4.69, 9.17) is 9.47 Å². The largest absolute Gasteiger partial charge is 0.346 e. The summed E-state index contributed by atoms with van der Waals surface area (Å²) in [6, 6.07) is 3.65. The van der Waals surface area contributed by atoms with E-state index in [9.17, 15) is 4.79 Å². The third-order valence-electron chi connectivity index (χ3n) is 3.61. The van der Waals surface area contributed by atoms with Crippen molar-refractivity contribution in [2.75, 3.05) is 24.8 Å². The molecule has 0 aliphatic carbocycles. The van der Waals surface area contributed by atoms with E-state index in [1.54, 1.807) is 24.9 Å². The Morgan fingerprint density at radius 2 is 2.13 bits per heavy atom. The van der Waals surface area contributed by atoms with Gasteiger partial charge in [0, 0.05) is 23.1 Å². The summed E-state index contributed by atoms with van der Waals surface area (Å²) in [6.45, 7) is 3.08. The zero-order valence-electron chi connectivity index (χ0n) is 13.1. The first kappa shape index (κ1) is 15.9. The number of hydrogen-bond acceptors (Lipinski definition) is 7. The van der Waals surface area contributed by atoms with Gasteiger partial charge >= 0.3 is 0 Å². The summed E-state index contributed by atoms with van der Waals surface area (Å²) in [4.78, 5) is 13.5. The number of amides is 1. The van der Waals surface area contributed by atoms with E-state index in [1.165, 1.54) is 4.68 Å². The third-order valence-corrected chi connectivity index (χ3v) is 4.56. The summed E-state index contributed by atoms with van der Waals surface area (Å²) in [6.07, 6.45) is 1.60. The Kier molecular flexibility index (Phi) is 4.60. The lowest BCUT2D eigenvalue weighted by Gasteiger charge is -2.17. The van der Waals surface area contributed by atoms with Crippen molar-refractivity contribution in [3.05, 3.63) is 28.8 Å². The molecule has 2 heterocycles. The number of nitrogens with one attached hydrogen (secondary N) is 1. The molecule has 0 bridgehead atoms. The first-order valence-corrected chi connectivity index (χ1v) is 8.28. The van der Waals surface area contributed by atoms with Gasteiger partial charge in [-0.1, -0.05) is 11.2 Å². The van der Waals surface area contributed by atoms with Gasteiger partial charge in [-0.05, 0) is 35.2 Å². The second-order valence-electron chi connectivity index (χ2n) is 5.01. The van der Waals surface area contributed by atoms with E-state index < -0.39 is 0 Å². The summed E-state index contributed by atoms with van der Waals surface area (Å²) in [5.74, 6) is 0.0437. The minimum absolute atomic E-state index is 0.254. The van der Waals surface area contributed by atoms with Crippen LogP contribution < -0.4 is 5.32 Å². The van der Waals surface area contributed by atoms with Crippen molar-refractivity contribution in [2.24, 2.45) is 7.05 Å². The van der Waals surface area contributed by atoms with Crippen LogP contribution in [0.4, 0.5) is 5.95 Å². The van der Waals surface area contributed by atoms with Gasteiger partial charge in [0.15, 0.2) is 6.29 Å². The van der Waals surface area contributed by atoms with Crippen molar-refractivity contribution < 1.29 is 14.3 Å². The lowest BCUT2D eigenvalue weighted by Crippen LogP contribution is -2.17. The molecule has 8 nitrogen and oxygen atoms in total. The molecule has 1 N–H and O–H groups in total. The van der Waals surface area contributed by atoms with Gasteiger partial charge in [0.1, 0.15) is 0 Å².